The fourth-order valence-electron chi connectivity index (χ4n) is 3.29. The monoisotopic (exact) mass is 518 g/mol. The van der Waals surface area contributed by atoms with Crippen molar-refractivity contribution in [3.8, 4) is 11.1 Å². The molecule has 0 fully saturated rings. The first kappa shape index (κ1) is 24.2. The van der Waals surface area contributed by atoms with Crippen molar-refractivity contribution in [3.05, 3.63) is 88.4 Å². The van der Waals surface area contributed by atoms with Crippen LogP contribution >= 0.6 is 11.6 Å². The van der Waals surface area contributed by atoms with Gasteiger partial charge in [0.25, 0.3) is 10.0 Å². The number of rotatable bonds is 6. The number of hydrogen-bond donors (Lipinski definition) is 2. The molecule has 35 heavy (non-hydrogen) atoms. The maximum atomic E-state index is 14.1. The average Bonchev–Trinajstić information content (AvgIpc) is 2.79. The van der Waals surface area contributed by atoms with E-state index in [9.17, 15) is 22.4 Å². The van der Waals surface area contributed by atoms with Crippen LogP contribution in [-0.2, 0) is 10.0 Å². The van der Waals surface area contributed by atoms with E-state index in [1.54, 1.807) is 38.2 Å². The van der Waals surface area contributed by atoms with Gasteiger partial charge in [0.15, 0.2) is 6.20 Å². The minimum absolute atomic E-state index is 0.249. The molecule has 9 nitrogen and oxygen atoms in total. The molecule has 0 aliphatic heterocycles. The number of nitrogens with one attached hydrogen (secondary N) is 2. The largest absolute Gasteiger partial charge is 0.618 e. The molecule has 0 aliphatic carbocycles. The number of pyridine rings is 2. The van der Waals surface area contributed by atoms with Gasteiger partial charge in [-0.3, -0.25) is 4.72 Å². The fraction of sp³-hybridized carbons (Fsp3) is 0.0909. The fourth-order valence-corrected chi connectivity index (χ4v) is 4.77. The number of halogens is 3. The molecule has 4 rings (SSSR count). The summed E-state index contributed by atoms with van der Waals surface area (Å²) >= 11 is 6.10. The Balaban J connectivity index is 1.74. The van der Waals surface area contributed by atoms with Crippen molar-refractivity contribution in [1.29, 1.82) is 0 Å². The van der Waals surface area contributed by atoms with Crippen LogP contribution < -0.4 is 14.8 Å². The van der Waals surface area contributed by atoms with Crippen LogP contribution in [0.2, 0.25) is 5.15 Å². The lowest BCUT2D eigenvalue weighted by atomic mass is 10.0. The van der Waals surface area contributed by atoms with E-state index in [1.165, 1.54) is 12.4 Å². The molecule has 0 saturated carbocycles. The van der Waals surface area contributed by atoms with Crippen molar-refractivity contribution in [3.63, 3.8) is 0 Å². The third kappa shape index (κ3) is 5.12. The predicted molar refractivity (Wildman–Crippen MR) is 126 cm³/mol. The third-order valence-corrected chi connectivity index (χ3v) is 6.69. The molecular weight excluding hydrogens is 502 g/mol. The Hall–Kier alpha value is -3.90. The zero-order chi connectivity index (χ0) is 25.3. The van der Waals surface area contributed by atoms with E-state index < -0.39 is 31.7 Å². The maximum Gasteiger partial charge on any atom is 0.311 e. The van der Waals surface area contributed by atoms with Gasteiger partial charge in [-0.1, -0.05) is 0 Å². The third-order valence-electron chi connectivity index (χ3n) is 4.95. The number of benzene rings is 1. The quantitative estimate of drug-likeness (QED) is 0.222. The van der Waals surface area contributed by atoms with Crippen molar-refractivity contribution in [2.45, 2.75) is 18.7 Å². The van der Waals surface area contributed by atoms with Crippen molar-refractivity contribution in [2.75, 3.05) is 10.0 Å². The molecule has 0 spiro atoms. The van der Waals surface area contributed by atoms with Crippen molar-refractivity contribution < 1.29 is 21.9 Å². The van der Waals surface area contributed by atoms with E-state index in [0.29, 0.717) is 40.2 Å². The van der Waals surface area contributed by atoms with E-state index >= 15 is 0 Å². The van der Waals surface area contributed by atoms with Crippen molar-refractivity contribution in [2.24, 2.45) is 0 Å². The predicted octanol–water partition coefficient (Wildman–Crippen LogP) is 4.26. The lowest BCUT2D eigenvalue weighted by molar-refractivity contribution is -0.601. The first-order valence-electron chi connectivity index (χ1n) is 9.98. The summed E-state index contributed by atoms with van der Waals surface area (Å²) < 4.78 is 55.4. The maximum absolute atomic E-state index is 14.1. The van der Waals surface area contributed by atoms with Gasteiger partial charge >= 0.3 is 5.15 Å². The lowest BCUT2D eigenvalue weighted by Gasteiger charge is -2.16. The summed E-state index contributed by atoms with van der Waals surface area (Å²) in [6, 6.07) is 6.93. The highest BCUT2D eigenvalue weighted by atomic mass is 35.5. The van der Waals surface area contributed by atoms with Crippen LogP contribution in [0.3, 0.4) is 0 Å². The van der Waals surface area contributed by atoms with Gasteiger partial charge < -0.3 is 10.5 Å². The van der Waals surface area contributed by atoms with Crippen LogP contribution in [0.15, 0.2) is 59.9 Å². The molecule has 0 amide bonds. The summed E-state index contributed by atoms with van der Waals surface area (Å²) in [5.41, 5.74) is 0.898. The molecule has 180 valence electrons. The lowest BCUT2D eigenvalue weighted by Crippen LogP contribution is -2.30. The van der Waals surface area contributed by atoms with Crippen LogP contribution in [0.1, 0.15) is 11.4 Å². The smallest absolute Gasteiger partial charge is 0.311 e. The summed E-state index contributed by atoms with van der Waals surface area (Å²) in [6.45, 7) is 3.28. The van der Waals surface area contributed by atoms with Crippen LogP contribution in [0.4, 0.5) is 26.1 Å². The van der Waals surface area contributed by atoms with Crippen molar-refractivity contribution in [1.82, 2.24) is 15.0 Å². The van der Waals surface area contributed by atoms with E-state index in [-0.39, 0.29) is 10.4 Å². The molecule has 0 radical (unpaired) electrons. The van der Waals surface area contributed by atoms with Gasteiger partial charge in [0.2, 0.25) is 0 Å². The molecule has 0 bridgehead atoms. The average molecular weight is 519 g/mol. The minimum atomic E-state index is -4.54. The standard InChI is InChI=1S/C22H17ClF2N6O3S/c1-12-16(14-5-7-27-20(9-14)29-19-6-8-26-13(2)28-19)11-31(32)22(23)21(12)30-35(33,34)18-4-3-15(24)10-17(18)25/h3-11,30H,1-2H3,(H,26,27,28,29). The van der Waals surface area contributed by atoms with E-state index in [2.05, 4.69) is 25.0 Å². The van der Waals surface area contributed by atoms with Crippen molar-refractivity contribution >= 4 is 38.9 Å². The molecule has 0 atom stereocenters. The van der Waals surface area contributed by atoms with Crippen LogP contribution in [-0.4, -0.2) is 23.4 Å². The van der Waals surface area contributed by atoms with Gasteiger partial charge in [-0.2, -0.15) is 4.73 Å². The summed E-state index contributed by atoms with van der Waals surface area (Å²) in [5, 5.41) is 15.1. The molecule has 2 N–H and O–H groups in total. The van der Waals surface area contributed by atoms with Gasteiger partial charge in [-0.05, 0) is 66.9 Å². The summed E-state index contributed by atoms with van der Waals surface area (Å²) in [7, 11) is -4.54. The van der Waals surface area contributed by atoms with E-state index in [4.69, 9.17) is 11.6 Å². The van der Waals surface area contributed by atoms with Crippen LogP contribution in [0.5, 0.6) is 0 Å². The van der Waals surface area contributed by atoms with Gasteiger partial charge in [0.1, 0.15) is 39.7 Å². The number of anilines is 3. The Bertz CT molecular complexity index is 1550. The Kier molecular flexibility index (Phi) is 6.50. The first-order valence-corrected chi connectivity index (χ1v) is 11.8. The summed E-state index contributed by atoms with van der Waals surface area (Å²) in [4.78, 5) is 11.7. The SMILES string of the molecule is Cc1nccc(Nc2cc(-c3c[n+]([O-])c(Cl)c(NS(=O)(=O)c4ccc(F)cc4F)c3C)ccn2)n1. The van der Waals surface area contributed by atoms with E-state index in [0.717, 1.165) is 12.1 Å². The minimum Gasteiger partial charge on any atom is -0.618 e. The second-order valence-corrected chi connectivity index (χ2v) is 9.39. The highest BCUT2D eigenvalue weighted by Crippen LogP contribution is 2.34. The molecule has 3 heterocycles. The number of aromatic nitrogens is 4. The highest BCUT2D eigenvalue weighted by Gasteiger charge is 2.26. The molecule has 0 aliphatic rings. The second kappa shape index (κ2) is 9.39. The van der Waals surface area contributed by atoms with Gasteiger partial charge in [-0.15, -0.1) is 0 Å². The molecule has 0 unspecified atom stereocenters. The topological polar surface area (TPSA) is 124 Å². The number of sulfonamides is 1. The highest BCUT2D eigenvalue weighted by molar-refractivity contribution is 7.92. The zero-order valence-corrected chi connectivity index (χ0v) is 19.8. The van der Waals surface area contributed by atoms with E-state index in [1.807, 2.05) is 0 Å². The molecule has 4 aromatic rings. The number of aryl methyl sites for hydroxylation is 1. The number of nitrogens with zero attached hydrogens (tertiary/aromatic N) is 4. The molecule has 0 saturated heterocycles. The summed E-state index contributed by atoms with van der Waals surface area (Å²) in [5.74, 6) is -0.760. The molecule has 13 heteroatoms. The normalized spacial score (nSPS) is 11.3. The summed E-state index contributed by atoms with van der Waals surface area (Å²) in [6.07, 6.45) is 4.26. The molecule has 1 aromatic carbocycles. The molecule has 3 aromatic heterocycles. The van der Waals surface area contributed by atoms with Gasteiger partial charge in [-0.25, -0.2) is 32.2 Å². The van der Waals surface area contributed by atoms with Crippen LogP contribution in [0.25, 0.3) is 11.1 Å². The number of hydrogen-bond acceptors (Lipinski definition) is 7. The Morgan fingerprint density at radius 3 is 2.49 bits per heavy atom. The van der Waals surface area contributed by atoms with Crippen LogP contribution in [0, 0.1) is 30.7 Å². The molecular formula is C22H17ClF2N6O3S. The first-order chi connectivity index (χ1) is 16.5. The zero-order valence-electron chi connectivity index (χ0n) is 18.3. The Morgan fingerprint density at radius 1 is 1.03 bits per heavy atom. The second-order valence-electron chi connectivity index (χ2n) is 7.38. The Labute approximate surface area is 204 Å². The Morgan fingerprint density at radius 2 is 1.77 bits per heavy atom. The van der Waals surface area contributed by atoms with Gasteiger partial charge in [0.05, 0.1) is 5.56 Å². The van der Waals surface area contributed by atoms with Gasteiger partial charge in [0, 0.05) is 18.5 Å².